The summed E-state index contributed by atoms with van der Waals surface area (Å²) in [5, 5.41) is 21.8. The first-order chi connectivity index (χ1) is 9.71. The van der Waals surface area contributed by atoms with Gasteiger partial charge in [0.15, 0.2) is 0 Å². The molecule has 3 nitrogen and oxygen atoms in total. The zero-order valence-electron chi connectivity index (χ0n) is 12.8. The van der Waals surface area contributed by atoms with Gasteiger partial charge in [-0.3, -0.25) is 0 Å². The molecule has 0 aromatic heterocycles. The lowest BCUT2D eigenvalue weighted by Gasteiger charge is -2.17. The predicted octanol–water partition coefficient (Wildman–Crippen LogP) is 2.57. The standard InChI is InChI=1S/C17H29NO2/c1-3-4-5-6-14-7-9-15(10-8-14)11-12-17(20)16(13-19)18-2/h7,9-12,14,16-20H,3-6,8,13H2,1-2H3/b12-11+/t14?,16-,17+/m1/s1. The highest BCUT2D eigenvalue weighted by Crippen LogP contribution is 2.22. The van der Waals surface area contributed by atoms with Gasteiger partial charge in [-0.15, -0.1) is 0 Å². The average molecular weight is 279 g/mol. The van der Waals surface area contributed by atoms with Crippen LogP contribution in [0.1, 0.15) is 39.0 Å². The second-order valence-corrected chi connectivity index (χ2v) is 5.48. The number of aliphatic hydroxyl groups is 2. The third kappa shape index (κ3) is 6.04. The lowest BCUT2D eigenvalue weighted by atomic mass is 9.91. The molecule has 0 spiro atoms. The van der Waals surface area contributed by atoms with Crippen LogP contribution in [-0.2, 0) is 0 Å². The molecule has 3 atom stereocenters. The van der Waals surface area contributed by atoms with Crippen LogP contribution in [0.5, 0.6) is 0 Å². The minimum Gasteiger partial charge on any atom is -0.395 e. The molecular formula is C17H29NO2. The highest BCUT2D eigenvalue weighted by Gasteiger charge is 2.13. The third-order valence-corrected chi connectivity index (χ3v) is 3.86. The third-order valence-electron chi connectivity index (χ3n) is 3.86. The lowest BCUT2D eigenvalue weighted by Crippen LogP contribution is -2.39. The predicted molar refractivity (Wildman–Crippen MR) is 84.6 cm³/mol. The Morgan fingerprint density at radius 3 is 2.80 bits per heavy atom. The first-order valence-electron chi connectivity index (χ1n) is 7.74. The Bertz CT molecular complexity index is 343. The molecule has 3 heteroatoms. The molecule has 1 unspecified atom stereocenters. The molecule has 0 amide bonds. The van der Waals surface area contributed by atoms with Crippen molar-refractivity contribution in [1.29, 1.82) is 0 Å². The van der Waals surface area contributed by atoms with E-state index in [0.29, 0.717) is 5.92 Å². The fourth-order valence-corrected chi connectivity index (χ4v) is 2.39. The molecule has 0 radical (unpaired) electrons. The molecule has 0 heterocycles. The van der Waals surface area contributed by atoms with Gasteiger partial charge in [-0.2, -0.15) is 0 Å². The smallest absolute Gasteiger partial charge is 0.0899 e. The summed E-state index contributed by atoms with van der Waals surface area (Å²) in [5.41, 5.74) is 1.14. The van der Waals surface area contributed by atoms with Crippen LogP contribution < -0.4 is 5.32 Å². The van der Waals surface area contributed by atoms with Crippen LogP contribution in [0.15, 0.2) is 36.0 Å². The van der Waals surface area contributed by atoms with Crippen LogP contribution in [-0.4, -0.2) is 36.0 Å². The van der Waals surface area contributed by atoms with Gasteiger partial charge in [0.25, 0.3) is 0 Å². The number of rotatable bonds is 9. The minimum absolute atomic E-state index is 0.0730. The lowest BCUT2D eigenvalue weighted by molar-refractivity contribution is 0.128. The number of likely N-dealkylation sites (N-methyl/N-ethyl adjacent to an activating group) is 1. The minimum atomic E-state index is -0.665. The Kier molecular flexibility index (Phi) is 8.51. The van der Waals surface area contributed by atoms with Crippen LogP contribution in [0.3, 0.4) is 0 Å². The molecule has 0 fully saturated rings. The number of hydrogen-bond acceptors (Lipinski definition) is 3. The molecule has 0 aromatic carbocycles. The van der Waals surface area contributed by atoms with Gasteiger partial charge in [-0.05, 0) is 31.4 Å². The van der Waals surface area contributed by atoms with E-state index in [1.54, 1.807) is 13.1 Å². The van der Waals surface area contributed by atoms with E-state index < -0.39 is 6.10 Å². The molecule has 114 valence electrons. The van der Waals surface area contributed by atoms with E-state index in [1.807, 2.05) is 6.08 Å². The fourth-order valence-electron chi connectivity index (χ4n) is 2.39. The Hall–Kier alpha value is -0.900. The molecule has 3 N–H and O–H groups in total. The summed E-state index contributed by atoms with van der Waals surface area (Å²) in [7, 11) is 1.73. The van der Waals surface area contributed by atoms with Crippen LogP contribution in [0, 0.1) is 5.92 Å². The molecule has 0 saturated carbocycles. The van der Waals surface area contributed by atoms with Crippen LogP contribution in [0.25, 0.3) is 0 Å². The largest absolute Gasteiger partial charge is 0.395 e. The van der Waals surface area contributed by atoms with E-state index in [1.165, 1.54) is 25.7 Å². The van der Waals surface area contributed by atoms with Gasteiger partial charge in [0.1, 0.15) is 0 Å². The second-order valence-electron chi connectivity index (χ2n) is 5.48. The van der Waals surface area contributed by atoms with E-state index in [-0.39, 0.29) is 12.6 Å². The number of unbranched alkanes of at least 4 members (excludes halogenated alkanes) is 2. The van der Waals surface area contributed by atoms with E-state index in [2.05, 4.69) is 30.5 Å². The van der Waals surface area contributed by atoms with Crippen molar-refractivity contribution in [3.63, 3.8) is 0 Å². The molecule has 0 bridgehead atoms. The summed E-state index contributed by atoms with van der Waals surface area (Å²) in [4.78, 5) is 0. The molecule has 0 aliphatic heterocycles. The van der Waals surface area contributed by atoms with Crippen LogP contribution in [0.2, 0.25) is 0 Å². The summed E-state index contributed by atoms with van der Waals surface area (Å²) >= 11 is 0. The van der Waals surface area contributed by atoms with Crippen molar-refractivity contribution in [3.8, 4) is 0 Å². The highest BCUT2D eigenvalue weighted by molar-refractivity contribution is 5.34. The van der Waals surface area contributed by atoms with Crippen molar-refractivity contribution in [2.75, 3.05) is 13.7 Å². The maximum atomic E-state index is 9.87. The zero-order chi connectivity index (χ0) is 14.8. The summed E-state index contributed by atoms with van der Waals surface area (Å²) in [6.45, 7) is 2.16. The van der Waals surface area contributed by atoms with Gasteiger partial charge in [-0.1, -0.05) is 56.6 Å². The Morgan fingerprint density at radius 2 is 2.25 bits per heavy atom. The van der Waals surface area contributed by atoms with Crippen LogP contribution >= 0.6 is 0 Å². The first-order valence-corrected chi connectivity index (χ1v) is 7.74. The Morgan fingerprint density at radius 1 is 1.45 bits per heavy atom. The fraction of sp³-hybridized carbons (Fsp3) is 0.647. The van der Waals surface area contributed by atoms with Crippen molar-refractivity contribution in [2.24, 2.45) is 5.92 Å². The van der Waals surface area contributed by atoms with Gasteiger partial charge in [0, 0.05) is 0 Å². The first kappa shape index (κ1) is 17.2. The maximum Gasteiger partial charge on any atom is 0.0899 e. The Labute approximate surface area is 123 Å². The summed E-state index contributed by atoms with van der Waals surface area (Å²) in [6.07, 6.45) is 15.9. The van der Waals surface area contributed by atoms with Crippen molar-refractivity contribution in [2.45, 2.75) is 51.2 Å². The van der Waals surface area contributed by atoms with Crippen molar-refractivity contribution >= 4 is 0 Å². The summed E-state index contributed by atoms with van der Waals surface area (Å²) in [6, 6.07) is -0.304. The van der Waals surface area contributed by atoms with E-state index >= 15 is 0 Å². The van der Waals surface area contributed by atoms with Gasteiger partial charge in [0.2, 0.25) is 0 Å². The van der Waals surface area contributed by atoms with Crippen molar-refractivity contribution in [1.82, 2.24) is 5.32 Å². The van der Waals surface area contributed by atoms with E-state index in [0.717, 1.165) is 12.0 Å². The number of allylic oxidation sites excluding steroid dienone is 5. The summed E-state index contributed by atoms with van der Waals surface area (Å²) in [5.74, 6) is 0.672. The number of nitrogens with one attached hydrogen (secondary N) is 1. The zero-order valence-corrected chi connectivity index (χ0v) is 12.8. The van der Waals surface area contributed by atoms with Gasteiger partial charge < -0.3 is 15.5 Å². The molecule has 1 aliphatic rings. The average Bonchev–Trinajstić information content (AvgIpc) is 2.48. The maximum absolute atomic E-state index is 9.87. The normalized spacial score (nSPS) is 22.0. The number of aliphatic hydroxyl groups excluding tert-OH is 2. The second kappa shape index (κ2) is 9.92. The number of hydrogen-bond donors (Lipinski definition) is 3. The van der Waals surface area contributed by atoms with Gasteiger partial charge >= 0.3 is 0 Å². The van der Waals surface area contributed by atoms with Gasteiger partial charge in [0.05, 0.1) is 18.8 Å². The molecule has 20 heavy (non-hydrogen) atoms. The van der Waals surface area contributed by atoms with Crippen molar-refractivity contribution in [3.05, 3.63) is 36.0 Å². The molecule has 1 aliphatic carbocycles. The molecule has 0 saturated heterocycles. The van der Waals surface area contributed by atoms with Gasteiger partial charge in [-0.25, -0.2) is 0 Å². The SMILES string of the molecule is CCCCCC1C=CC(/C=C/[C@H](O)[C@@H](CO)NC)=CC1. The summed E-state index contributed by atoms with van der Waals surface area (Å²) < 4.78 is 0. The quantitative estimate of drug-likeness (QED) is 0.569. The Balaban J connectivity index is 2.38. The van der Waals surface area contributed by atoms with Crippen LogP contribution in [0.4, 0.5) is 0 Å². The molecule has 0 aromatic rings. The van der Waals surface area contributed by atoms with E-state index in [9.17, 15) is 5.11 Å². The molecule has 1 rings (SSSR count). The molecular weight excluding hydrogens is 250 g/mol. The topological polar surface area (TPSA) is 52.5 Å². The van der Waals surface area contributed by atoms with E-state index in [4.69, 9.17) is 5.11 Å². The van der Waals surface area contributed by atoms with Crippen molar-refractivity contribution < 1.29 is 10.2 Å². The highest BCUT2D eigenvalue weighted by atomic mass is 16.3. The monoisotopic (exact) mass is 279 g/mol.